The largest absolute Gasteiger partial charge is 0.360 e. The van der Waals surface area contributed by atoms with Crippen molar-refractivity contribution in [2.75, 3.05) is 14.1 Å². The molecule has 7 heteroatoms. The van der Waals surface area contributed by atoms with Gasteiger partial charge in [0.05, 0.1) is 0 Å². The second kappa shape index (κ2) is 10.8. The Labute approximate surface area is 270 Å². The molecule has 6 aromatic carbocycles. The molecule has 7 nitrogen and oxygen atoms in total. The normalized spacial score (nSPS) is 13.9. The molecule has 0 saturated carbocycles. The van der Waals surface area contributed by atoms with Crippen LogP contribution in [0.4, 0.5) is 4.79 Å². The van der Waals surface area contributed by atoms with Crippen molar-refractivity contribution < 1.29 is 14.4 Å². The molecular formula is C40H25N4O3. The lowest BCUT2D eigenvalue weighted by atomic mass is 9.83. The predicted molar refractivity (Wildman–Crippen MR) is 182 cm³/mol. The molecule has 1 radical (unpaired) electrons. The summed E-state index contributed by atoms with van der Waals surface area (Å²) in [6.07, 6.45) is 0. The van der Waals surface area contributed by atoms with E-state index in [0.717, 1.165) is 43.8 Å². The number of carbonyl (C=O) groups is 3. The first-order valence-corrected chi connectivity index (χ1v) is 15.1. The molecule has 2 aliphatic rings. The summed E-state index contributed by atoms with van der Waals surface area (Å²) in [5.41, 5.74) is 10.4. The summed E-state index contributed by atoms with van der Waals surface area (Å²) in [5, 5.41) is 11.0. The van der Waals surface area contributed by atoms with Crippen molar-refractivity contribution in [2.45, 2.75) is 0 Å². The van der Waals surface area contributed by atoms with Gasteiger partial charge in [-0.25, -0.2) is 14.8 Å². The van der Waals surface area contributed by atoms with Crippen molar-refractivity contribution in [1.82, 2.24) is 15.4 Å². The van der Waals surface area contributed by atoms with Crippen LogP contribution in [-0.2, 0) is 0 Å². The lowest BCUT2D eigenvalue weighted by Gasteiger charge is -2.26. The first kappa shape index (κ1) is 28.0. The van der Waals surface area contributed by atoms with Crippen molar-refractivity contribution in [1.29, 1.82) is 0 Å². The van der Waals surface area contributed by atoms with E-state index in [0.29, 0.717) is 33.7 Å². The van der Waals surface area contributed by atoms with Crippen molar-refractivity contribution in [2.24, 2.45) is 5.10 Å². The highest BCUT2D eigenvalue weighted by atomic mass is 16.2. The highest BCUT2D eigenvalue weighted by Crippen LogP contribution is 2.39. The monoisotopic (exact) mass is 609 g/mol. The van der Waals surface area contributed by atoms with Gasteiger partial charge in [0.15, 0.2) is 17.4 Å². The number of urea groups is 1. The number of benzene rings is 6. The zero-order chi connectivity index (χ0) is 32.2. The van der Waals surface area contributed by atoms with E-state index in [1.807, 2.05) is 48.5 Å². The smallest absolute Gasteiger partial charge is 0.289 e. The molecule has 0 atom stereocenters. The summed E-state index contributed by atoms with van der Waals surface area (Å²) in [4.78, 5) is 38.5. The topological polar surface area (TPSA) is 84.2 Å². The number of hydrazone groups is 1. The Morgan fingerprint density at radius 3 is 1.68 bits per heavy atom. The van der Waals surface area contributed by atoms with Crippen LogP contribution in [0, 0.1) is 11.8 Å². The van der Waals surface area contributed by atoms with Crippen LogP contribution in [-0.4, -0.2) is 47.5 Å². The average Bonchev–Trinajstić information content (AvgIpc) is 3.11. The van der Waals surface area contributed by atoms with Gasteiger partial charge in [-0.05, 0) is 50.9 Å². The maximum absolute atomic E-state index is 13.3. The van der Waals surface area contributed by atoms with Gasteiger partial charge in [0, 0.05) is 53.0 Å². The molecule has 1 heterocycles. The van der Waals surface area contributed by atoms with Crippen LogP contribution in [0.1, 0.15) is 48.5 Å². The van der Waals surface area contributed by atoms with Crippen LogP contribution in [0.5, 0.6) is 0 Å². The molecule has 0 aromatic heterocycles. The Balaban J connectivity index is 1.23. The summed E-state index contributed by atoms with van der Waals surface area (Å²) < 4.78 is 0. The minimum atomic E-state index is -0.299. The fourth-order valence-electron chi connectivity index (χ4n) is 6.39. The molecule has 47 heavy (non-hydrogen) atoms. The fraction of sp³-hybridized carbons (Fsp3) is 0.0500. The number of amidine groups is 1. The molecule has 0 fully saturated rings. The van der Waals surface area contributed by atoms with Crippen LogP contribution in [0.25, 0.3) is 32.7 Å². The summed E-state index contributed by atoms with van der Waals surface area (Å²) in [6, 6.07) is 36.3. The van der Waals surface area contributed by atoms with Gasteiger partial charge in [-0.3, -0.25) is 9.59 Å². The highest BCUT2D eigenvalue weighted by molar-refractivity contribution is 6.28. The fourth-order valence-corrected chi connectivity index (χ4v) is 6.39. The Bertz CT molecular complexity index is 2380. The number of nitrogens with zero attached hydrogens (tertiary/aromatic N) is 4. The Hall–Kier alpha value is -6.52. The number of hydrogen-bond donors (Lipinski definition) is 0. The lowest BCUT2D eigenvalue weighted by Crippen LogP contribution is -2.48. The van der Waals surface area contributed by atoms with Crippen molar-refractivity contribution in [3.8, 4) is 23.0 Å². The average molecular weight is 610 g/mol. The quantitative estimate of drug-likeness (QED) is 0.156. The minimum absolute atomic E-state index is 0.147. The molecule has 0 saturated heterocycles. The van der Waals surface area contributed by atoms with Gasteiger partial charge < -0.3 is 0 Å². The first-order valence-electron chi connectivity index (χ1n) is 15.1. The summed E-state index contributed by atoms with van der Waals surface area (Å²) in [7, 11) is 3.21. The maximum atomic E-state index is 13.3. The first-order chi connectivity index (χ1) is 22.9. The van der Waals surface area contributed by atoms with Gasteiger partial charge in [0.1, 0.15) is 0 Å². The van der Waals surface area contributed by atoms with E-state index in [-0.39, 0.29) is 17.6 Å². The zero-order valence-corrected chi connectivity index (χ0v) is 25.5. The summed E-state index contributed by atoms with van der Waals surface area (Å²) >= 11 is 0. The molecular weight excluding hydrogens is 584 g/mol. The van der Waals surface area contributed by atoms with Gasteiger partial charge in [-0.1, -0.05) is 109 Å². The zero-order valence-electron chi connectivity index (χ0n) is 25.5. The van der Waals surface area contributed by atoms with Crippen LogP contribution >= 0.6 is 0 Å². The van der Waals surface area contributed by atoms with Gasteiger partial charge in [-0.15, -0.1) is 10.5 Å². The molecule has 0 unspecified atom stereocenters. The second-order valence-corrected chi connectivity index (χ2v) is 11.5. The van der Waals surface area contributed by atoms with E-state index < -0.39 is 0 Å². The van der Waals surface area contributed by atoms with Crippen LogP contribution in [0.2, 0.25) is 0 Å². The van der Waals surface area contributed by atoms with Crippen LogP contribution in [0.15, 0.2) is 120 Å². The minimum Gasteiger partial charge on any atom is -0.289 e. The SMILES string of the molecule is CN1[N]C(c2ccc(-c3c4ccccc4c(C#Cc4ccc5c(c4)C(=O)c4ccccc4C5=O)c4ccccc34)cc2)=NN(C)C1=O. The number of ketones is 2. The van der Waals surface area contributed by atoms with E-state index in [1.165, 1.54) is 10.0 Å². The Morgan fingerprint density at radius 2 is 1.06 bits per heavy atom. The Kier molecular flexibility index (Phi) is 6.45. The van der Waals surface area contributed by atoms with Gasteiger partial charge in [0.2, 0.25) is 0 Å². The molecule has 2 amide bonds. The van der Waals surface area contributed by atoms with E-state index in [4.69, 9.17) is 0 Å². The third-order valence-electron chi connectivity index (χ3n) is 8.66. The van der Waals surface area contributed by atoms with Crippen molar-refractivity contribution in [3.63, 3.8) is 0 Å². The molecule has 8 rings (SSSR count). The van der Waals surface area contributed by atoms with Gasteiger partial charge in [0.25, 0.3) is 0 Å². The van der Waals surface area contributed by atoms with E-state index >= 15 is 0 Å². The molecule has 6 aromatic rings. The number of carbonyl (C=O) groups excluding carboxylic acids is 3. The van der Waals surface area contributed by atoms with Crippen LogP contribution in [0.3, 0.4) is 0 Å². The third-order valence-corrected chi connectivity index (χ3v) is 8.66. The summed E-state index contributed by atoms with van der Waals surface area (Å²) in [6.45, 7) is 0. The number of amides is 2. The molecule has 223 valence electrons. The second-order valence-electron chi connectivity index (χ2n) is 11.5. The van der Waals surface area contributed by atoms with Crippen LogP contribution < -0.4 is 5.43 Å². The van der Waals surface area contributed by atoms with E-state index in [2.05, 4.69) is 46.6 Å². The third kappa shape index (κ3) is 4.54. The number of rotatable bonds is 2. The standard InChI is InChI=1S/C40H25N4O3/c1-43-40(47)44(2)42-39(41-43)26-19-17-25(18-20-26)36-30-11-5-3-9-27(30)29(28-10-4-6-12-31(28)36)21-15-24-16-22-34-35(23-24)38(46)33-14-8-7-13-32(33)37(34)45/h3-14,16-20,22-23H,1-2H3. The van der Waals surface area contributed by atoms with E-state index in [9.17, 15) is 14.4 Å². The molecule has 0 bridgehead atoms. The number of hydrogen-bond acceptors (Lipinski definition) is 4. The predicted octanol–water partition coefficient (Wildman–Crippen LogP) is 7.01. The molecule has 0 spiro atoms. The number of fused-ring (bicyclic) bond motifs is 4. The molecule has 1 aliphatic carbocycles. The molecule has 0 N–H and O–H groups in total. The highest BCUT2D eigenvalue weighted by Gasteiger charge is 2.29. The van der Waals surface area contributed by atoms with Gasteiger partial charge >= 0.3 is 6.03 Å². The van der Waals surface area contributed by atoms with Crippen molar-refractivity contribution in [3.05, 3.63) is 154 Å². The lowest BCUT2D eigenvalue weighted by molar-refractivity contribution is 0.0979. The van der Waals surface area contributed by atoms with Gasteiger partial charge in [-0.2, -0.15) is 0 Å². The summed E-state index contributed by atoms with van der Waals surface area (Å²) in [5.74, 6) is 6.87. The maximum Gasteiger partial charge on any atom is 0.360 e. The van der Waals surface area contributed by atoms with Crippen molar-refractivity contribution >= 4 is 45.0 Å². The molecule has 1 aliphatic heterocycles. The van der Waals surface area contributed by atoms with E-state index in [1.54, 1.807) is 56.6 Å². The Morgan fingerprint density at radius 1 is 0.532 bits per heavy atom.